The van der Waals surface area contributed by atoms with Crippen molar-refractivity contribution < 1.29 is 23.8 Å². The highest BCUT2D eigenvalue weighted by Gasteiger charge is 2.25. The molecule has 0 aliphatic carbocycles. The van der Waals surface area contributed by atoms with Crippen LogP contribution in [0.4, 0.5) is 4.79 Å². The molecular formula is C17H24BrNO5. The summed E-state index contributed by atoms with van der Waals surface area (Å²) in [4.78, 5) is 23.8. The number of alkyl halides is 1. The number of nitrogens with one attached hydrogen (secondary N) is 1. The molecule has 0 spiro atoms. The first-order valence-corrected chi connectivity index (χ1v) is 8.72. The number of esters is 1. The number of halogens is 1. The van der Waals surface area contributed by atoms with E-state index in [0.29, 0.717) is 13.0 Å². The Morgan fingerprint density at radius 3 is 2.33 bits per heavy atom. The molecule has 7 heteroatoms. The van der Waals surface area contributed by atoms with Crippen LogP contribution < -0.4 is 10.1 Å². The van der Waals surface area contributed by atoms with E-state index in [2.05, 4.69) is 21.2 Å². The number of benzene rings is 1. The molecule has 0 heterocycles. The molecule has 1 N–H and O–H groups in total. The van der Waals surface area contributed by atoms with E-state index in [9.17, 15) is 9.59 Å². The normalized spacial score (nSPS) is 12.2. The van der Waals surface area contributed by atoms with Gasteiger partial charge in [0.05, 0.1) is 13.7 Å². The highest BCUT2D eigenvalue weighted by atomic mass is 79.9. The Balaban J connectivity index is 2.72. The molecule has 1 atom stereocenters. The van der Waals surface area contributed by atoms with Crippen molar-refractivity contribution in [1.82, 2.24) is 5.32 Å². The highest BCUT2D eigenvalue weighted by Crippen LogP contribution is 2.14. The van der Waals surface area contributed by atoms with Gasteiger partial charge in [0.15, 0.2) is 0 Å². The molecule has 0 bridgehead atoms. The number of ether oxygens (including phenoxy) is 3. The van der Waals surface area contributed by atoms with Crippen LogP contribution in [-0.2, 0) is 20.7 Å². The van der Waals surface area contributed by atoms with Crippen molar-refractivity contribution in [2.45, 2.75) is 38.8 Å². The van der Waals surface area contributed by atoms with Gasteiger partial charge in [0.1, 0.15) is 17.4 Å². The molecule has 1 aromatic rings. The van der Waals surface area contributed by atoms with E-state index in [0.717, 1.165) is 16.6 Å². The van der Waals surface area contributed by atoms with Crippen LogP contribution in [-0.4, -0.2) is 42.8 Å². The van der Waals surface area contributed by atoms with Crippen LogP contribution in [0.15, 0.2) is 24.3 Å². The summed E-state index contributed by atoms with van der Waals surface area (Å²) in [6.45, 7) is 5.84. The average Bonchev–Trinajstić information content (AvgIpc) is 2.51. The molecule has 6 nitrogen and oxygen atoms in total. The topological polar surface area (TPSA) is 73.9 Å². The third-order valence-electron chi connectivity index (χ3n) is 2.89. The molecule has 0 radical (unpaired) electrons. The van der Waals surface area contributed by atoms with Crippen LogP contribution in [0.5, 0.6) is 5.75 Å². The molecule has 1 rings (SSSR count). The fourth-order valence-electron chi connectivity index (χ4n) is 1.90. The largest absolute Gasteiger partial charge is 0.493 e. The summed E-state index contributed by atoms with van der Waals surface area (Å²) in [6.07, 6.45) is -0.361. The van der Waals surface area contributed by atoms with Gasteiger partial charge in [-0.05, 0) is 38.5 Å². The van der Waals surface area contributed by atoms with E-state index < -0.39 is 23.7 Å². The molecule has 0 fully saturated rings. The van der Waals surface area contributed by atoms with Gasteiger partial charge in [0, 0.05) is 11.8 Å². The van der Waals surface area contributed by atoms with Crippen molar-refractivity contribution in [2.75, 3.05) is 19.0 Å². The van der Waals surface area contributed by atoms with Crippen molar-refractivity contribution >= 4 is 28.0 Å². The molecule has 1 unspecified atom stereocenters. The zero-order chi connectivity index (χ0) is 18.2. The molecule has 0 aromatic heterocycles. The van der Waals surface area contributed by atoms with Crippen molar-refractivity contribution in [3.8, 4) is 5.75 Å². The lowest BCUT2D eigenvalue weighted by atomic mass is 10.1. The minimum atomic E-state index is -0.820. The lowest BCUT2D eigenvalue weighted by molar-refractivity contribution is -0.143. The summed E-state index contributed by atoms with van der Waals surface area (Å²) in [5, 5.41) is 3.30. The van der Waals surface area contributed by atoms with E-state index in [4.69, 9.17) is 14.2 Å². The molecule has 1 amide bonds. The number of alkyl carbamates (subject to hydrolysis) is 1. The number of carbonyl (C=O) groups is 2. The van der Waals surface area contributed by atoms with Gasteiger partial charge in [0.2, 0.25) is 0 Å². The Morgan fingerprint density at radius 1 is 1.21 bits per heavy atom. The maximum atomic E-state index is 11.9. The van der Waals surface area contributed by atoms with Crippen LogP contribution in [0.25, 0.3) is 0 Å². The van der Waals surface area contributed by atoms with E-state index >= 15 is 0 Å². The molecular weight excluding hydrogens is 378 g/mol. The van der Waals surface area contributed by atoms with Crippen molar-refractivity contribution in [3.63, 3.8) is 0 Å². The van der Waals surface area contributed by atoms with Crippen LogP contribution in [0.3, 0.4) is 0 Å². The van der Waals surface area contributed by atoms with E-state index in [-0.39, 0.29) is 0 Å². The van der Waals surface area contributed by atoms with E-state index in [1.807, 2.05) is 24.3 Å². The lowest BCUT2D eigenvalue weighted by Gasteiger charge is -2.22. The number of amides is 1. The first-order valence-electron chi connectivity index (χ1n) is 7.60. The van der Waals surface area contributed by atoms with Gasteiger partial charge < -0.3 is 19.5 Å². The highest BCUT2D eigenvalue weighted by molar-refractivity contribution is 9.09. The molecule has 134 valence electrons. The molecule has 1 aromatic carbocycles. The monoisotopic (exact) mass is 401 g/mol. The maximum Gasteiger partial charge on any atom is 0.408 e. The minimum Gasteiger partial charge on any atom is -0.493 e. The molecule has 24 heavy (non-hydrogen) atoms. The first-order chi connectivity index (χ1) is 11.2. The second-order valence-electron chi connectivity index (χ2n) is 6.11. The summed E-state index contributed by atoms with van der Waals surface area (Å²) in [6, 6.07) is 6.51. The molecule has 0 saturated carbocycles. The summed E-state index contributed by atoms with van der Waals surface area (Å²) in [5.41, 5.74) is 0.228. The number of hydrogen-bond acceptors (Lipinski definition) is 5. The van der Waals surface area contributed by atoms with Gasteiger partial charge in [0.25, 0.3) is 0 Å². The van der Waals surface area contributed by atoms with E-state index in [1.54, 1.807) is 20.8 Å². The third-order valence-corrected chi connectivity index (χ3v) is 3.21. The van der Waals surface area contributed by atoms with Crippen molar-refractivity contribution in [3.05, 3.63) is 29.8 Å². The Labute approximate surface area is 151 Å². The van der Waals surface area contributed by atoms with E-state index in [1.165, 1.54) is 7.11 Å². The Hall–Kier alpha value is -1.76. The van der Waals surface area contributed by atoms with Crippen LogP contribution >= 0.6 is 15.9 Å². The number of rotatable bonds is 7. The number of carbonyl (C=O) groups excluding carboxylic acids is 2. The van der Waals surface area contributed by atoms with Crippen molar-refractivity contribution in [1.29, 1.82) is 0 Å². The molecule has 0 saturated heterocycles. The summed E-state index contributed by atoms with van der Waals surface area (Å²) in [5.74, 6) is 0.216. The average molecular weight is 402 g/mol. The lowest BCUT2D eigenvalue weighted by Crippen LogP contribution is -2.45. The van der Waals surface area contributed by atoms with Gasteiger partial charge in [-0.25, -0.2) is 9.59 Å². The fourth-order valence-corrected chi connectivity index (χ4v) is 2.06. The van der Waals surface area contributed by atoms with Crippen molar-refractivity contribution in [2.24, 2.45) is 0 Å². The summed E-state index contributed by atoms with van der Waals surface area (Å²) >= 11 is 3.29. The Morgan fingerprint density at radius 2 is 1.83 bits per heavy atom. The maximum absolute atomic E-state index is 11.9. The number of hydrogen-bond donors (Lipinski definition) is 1. The second-order valence-corrected chi connectivity index (χ2v) is 6.90. The van der Waals surface area contributed by atoms with Crippen LogP contribution in [0.1, 0.15) is 26.3 Å². The standard InChI is InChI=1S/C17H24BrNO5/c1-17(2,3)24-16(21)19-14(15(20)22-4)11-12-5-7-13(8-6-12)23-10-9-18/h5-8,14H,9-11H2,1-4H3,(H,19,21). The van der Waals surface area contributed by atoms with Gasteiger partial charge in [-0.1, -0.05) is 28.1 Å². The predicted molar refractivity (Wildman–Crippen MR) is 94.6 cm³/mol. The van der Waals surface area contributed by atoms with Crippen LogP contribution in [0, 0.1) is 0 Å². The summed E-state index contributed by atoms with van der Waals surface area (Å²) < 4.78 is 15.4. The third kappa shape index (κ3) is 7.68. The van der Waals surface area contributed by atoms with Crippen LogP contribution in [0.2, 0.25) is 0 Å². The molecule has 0 aliphatic heterocycles. The van der Waals surface area contributed by atoms with Gasteiger partial charge in [-0.2, -0.15) is 0 Å². The SMILES string of the molecule is COC(=O)C(Cc1ccc(OCCBr)cc1)NC(=O)OC(C)(C)C. The Kier molecular flexibility index (Phi) is 8.04. The Bertz CT molecular complexity index is 539. The number of methoxy groups -OCH3 is 1. The molecule has 0 aliphatic rings. The van der Waals surface area contributed by atoms with Gasteiger partial charge in [-0.3, -0.25) is 0 Å². The minimum absolute atomic E-state index is 0.296. The van der Waals surface area contributed by atoms with Gasteiger partial charge in [-0.15, -0.1) is 0 Å². The first kappa shape index (κ1) is 20.3. The zero-order valence-electron chi connectivity index (χ0n) is 14.4. The zero-order valence-corrected chi connectivity index (χ0v) is 16.0. The quantitative estimate of drug-likeness (QED) is 0.561. The second kappa shape index (κ2) is 9.52. The predicted octanol–water partition coefficient (Wildman–Crippen LogP) is 3.07. The smallest absolute Gasteiger partial charge is 0.408 e. The fraction of sp³-hybridized carbons (Fsp3) is 0.529. The van der Waals surface area contributed by atoms with Gasteiger partial charge >= 0.3 is 12.1 Å². The summed E-state index contributed by atoms with van der Waals surface area (Å²) in [7, 11) is 1.28.